The van der Waals surface area contributed by atoms with Crippen molar-refractivity contribution in [2.24, 2.45) is 0 Å². The van der Waals surface area contributed by atoms with Crippen molar-refractivity contribution in [3.05, 3.63) is 33.9 Å². The van der Waals surface area contributed by atoms with Gasteiger partial charge in [-0.2, -0.15) is 0 Å². The van der Waals surface area contributed by atoms with Crippen molar-refractivity contribution in [3.63, 3.8) is 0 Å². The summed E-state index contributed by atoms with van der Waals surface area (Å²) in [4.78, 5) is 25.0. The first-order valence-electron chi connectivity index (χ1n) is 7.70. The SMILES string of the molecule is CCCC(=O)c1cccc([N+](=O)[O-])c1OCCN(CC)CC. The Labute approximate surface area is 131 Å². The zero-order valence-corrected chi connectivity index (χ0v) is 13.5. The summed E-state index contributed by atoms with van der Waals surface area (Å²) in [6.45, 7) is 8.75. The highest BCUT2D eigenvalue weighted by atomic mass is 16.6. The Balaban J connectivity index is 2.97. The second-order valence-electron chi connectivity index (χ2n) is 4.96. The number of nitro benzene ring substituents is 1. The van der Waals surface area contributed by atoms with Crippen LogP contribution in [0.5, 0.6) is 5.75 Å². The number of rotatable bonds is 10. The molecule has 0 bridgehead atoms. The van der Waals surface area contributed by atoms with Crippen molar-refractivity contribution in [3.8, 4) is 5.75 Å². The van der Waals surface area contributed by atoms with Crippen LogP contribution in [0.3, 0.4) is 0 Å². The Bertz CT molecular complexity index is 513. The summed E-state index contributed by atoms with van der Waals surface area (Å²) in [5, 5.41) is 11.2. The van der Waals surface area contributed by atoms with Gasteiger partial charge in [-0.3, -0.25) is 14.9 Å². The Morgan fingerprint density at radius 3 is 2.50 bits per heavy atom. The molecule has 6 nitrogen and oxygen atoms in total. The lowest BCUT2D eigenvalue weighted by Gasteiger charge is -2.18. The zero-order chi connectivity index (χ0) is 16.5. The van der Waals surface area contributed by atoms with E-state index in [1.807, 2.05) is 20.8 Å². The molecule has 0 radical (unpaired) electrons. The lowest BCUT2D eigenvalue weighted by molar-refractivity contribution is -0.385. The summed E-state index contributed by atoms with van der Waals surface area (Å²) < 4.78 is 5.63. The van der Waals surface area contributed by atoms with Crippen LogP contribution in [-0.4, -0.2) is 41.8 Å². The standard InChI is InChI=1S/C16H24N2O4/c1-4-8-15(19)13-9-7-10-14(18(20)21)16(13)22-12-11-17(5-2)6-3/h7,9-10H,4-6,8,11-12H2,1-3H3. The fourth-order valence-electron chi connectivity index (χ4n) is 2.22. The number of carbonyl (C=O) groups excluding carboxylic acids is 1. The maximum atomic E-state index is 12.1. The van der Waals surface area contributed by atoms with E-state index in [9.17, 15) is 14.9 Å². The molecular formula is C16H24N2O4. The molecule has 0 aromatic heterocycles. The van der Waals surface area contributed by atoms with Crippen LogP contribution >= 0.6 is 0 Å². The fraction of sp³-hybridized carbons (Fsp3) is 0.562. The number of ether oxygens (including phenoxy) is 1. The van der Waals surface area contributed by atoms with Crippen molar-refractivity contribution in [1.29, 1.82) is 0 Å². The van der Waals surface area contributed by atoms with E-state index >= 15 is 0 Å². The van der Waals surface area contributed by atoms with E-state index in [-0.39, 0.29) is 17.2 Å². The molecule has 0 amide bonds. The van der Waals surface area contributed by atoms with E-state index < -0.39 is 4.92 Å². The van der Waals surface area contributed by atoms with Gasteiger partial charge in [0.15, 0.2) is 5.78 Å². The third kappa shape index (κ3) is 4.80. The molecule has 0 spiro atoms. The van der Waals surface area contributed by atoms with E-state index in [0.717, 1.165) is 13.1 Å². The van der Waals surface area contributed by atoms with Crippen LogP contribution in [0.2, 0.25) is 0 Å². The average Bonchev–Trinajstić information content (AvgIpc) is 2.51. The molecular weight excluding hydrogens is 284 g/mol. The van der Waals surface area contributed by atoms with E-state index in [0.29, 0.717) is 31.6 Å². The molecule has 0 heterocycles. The maximum Gasteiger partial charge on any atom is 0.311 e. The Kier molecular flexibility index (Phi) is 7.52. The first kappa shape index (κ1) is 18.1. The van der Waals surface area contributed by atoms with Crippen LogP contribution < -0.4 is 4.74 Å². The molecule has 0 aliphatic carbocycles. The molecule has 0 N–H and O–H groups in total. The minimum Gasteiger partial charge on any atom is -0.485 e. The minimum atomic E-state index is -0.504. The van der Waals surface area contributed by atoms with Crippen LogP contribution in [0.15, 0.2) is 18.2 Å². The van der Waals surface area contributed by atoms with E-state index in [1.165, 1.54) is 12.1 Å². The number of nitrogens with zero attached hydrogens (tertiary/aromatic N) is 2. The van der Waals surface area contributed by atoms with Crippen LogP contribution in [0, 0.1) is 10.1 Å². The molecule has 0 saturated heterocycles. The van der Waals surface area contributed by atoms with Crippen molar-refractivity contribution >= 4 is 11.5 Å². The largest absolute Gasteiger partial charge is 0.485 e. The molecule has 122 valence electrons. The van der Waals surface area contributed by atoms with Crippen molar-refractivity contribution in [1.82, 2.24) is 4.90 Å². The van der Waals surface area contributed by atoms with Gasteiger partial charge in [0.2, 0.25) is 5.75 Å². The highest BCUT2D eigenvalue weighted by Gasteiger charge is 2.22. The number of ketones is 1. The quantitative estimate of drug-likeness (QED) is 0.377. The summed E-state index contributed by atoms with van der Waals surface area (Å²) in [7, 11) is 0. The number of likely N-dealkylation sites (N-methyl/N-ethyl adjacent to an activating group) is 1. The Hall–Kier alpha value is -1.95. The molecule has 0 saturated carbocycles. The van der Waals surface area contributed by atoms with Gasteiger partial charge < -0.3 is 9.64 Å². The topological polar surface area (TPSA) is 72.7 Å². The highest BCUT2D eigenvalue weighted by molar-refractivity contribution is 5.99. The van der Waals surface area contributed by atoms with Gasteiger partial charge in [-0.1, -0.05) is 26.8 Å². The van der Waals surface area contributed by atoms with Crippen molar-refractivity contribution < 1.29 is 14.5 Å². The summed E-state index contributed by atoms with van der Waals surface area (Å²) in [6.07, 6.45) is 1.05. The van der Waals surface area contributed by atoms with Gasteiger partial charge >= 0.3 is 5.69 Å². The molecule has 0 atom stereocenters. The van der Waals surface area contributed by atoms with Gasteiger partial charge in [0.05, 0.1) is 10.5 Å². The van der Waals surface area contributed by atoms with Crippen molar-refractivity contribution in [2.45, 2.75) is 33.6 Å². The molecule has 1 rings (SSSR count). The van der Waals surface area contributed by atoms with Gasteiger partial charge in [-0.25, -0.2) is 0 Å². The van der Waals surface area contributed by atoms with Gasteiger partial charge in [-0.05, 0) is 25.6 Å². The lowest BCUT2D eigenvalue weighted by atomic mass is 10.0. The van der Waals surface area contributed by atoms with Crippen LogP contribution in [-0.2, 0) is 0 Å². The van der Waals surface area contributed by atoms with Gasteiger partial charge in [0.25, 0.3) is 0 Å². The Morgan fingerprint density at radius 2 is 1.95 bits per heavy atom. The van der Waals surface area contributed by atoms with Gasteiger partial charge in [-0.15, -0.1) is 0 Å². The minimum absolute atomic E-state index is 0.0955. The Morgan fingerprint density at radius 1 is 1.27 bits per heavy atom. The highest BCUT2D eigenvalue weighted by Crippen LogP contribution is 2.32. The lowest BCUT2D eigenvalue weighted by Crippen LogP contribution is -2.28. The van der Waals surface area contributed by atoms with Gasteiger partial charge in [0, 0.05) is 19.0 Å². The number of nitro groups is 1. The second kappa shape index (κ2) is 9.15. The molecule has 0 aliphatic heterocycles. The predicted octanol–water partition coefficient (Wildman–Crippen LogP) is 3.30. The number of hydrogen-bond donors (Lipinski definition) is 0. The maximum absolute atomic E-state index is 12.1. The average molecular weight is 308 g/mol. The monoisotopic (exact) mass is 308 g/mol. The third-order valence-corrected chi connectivity index (χ3v) is 3.52. The first-order valence-corrected chi connectivity index (χ1v) is 7.70. The number of hydrogen-bond acceptors (Lipinski definition) is 5. The smallest absolute Gasteiger partial charge is 0.311 e. The number of Topliss-reactive ketones (excluding diaryl/α,β-unsaturated/α-hetero) is 1. The van der Waals surface area contributed by atoms with Gasteiger partial charge in [0.1, 0.15) is 6.61 Å². The van der Waals surface area contributed by atoms with E-state index in [1.54, 1.807) is 6.07 Å². The first-order chi connectivity index (χ1) is 10.5. The van der Waals surface area contributed by atoms with E-state index in [2.05, 4.69) is 4.90 Å². The molecule has 0 fully saturated rings. The number of benzene rings is 1. The third-order valence-electron chi connectivity index (χ3n) is 3.52. The normalized spacial score (nSPS) is 10.7. The molecule has 0 unspecified atom stereocenters. The van der Waals surface area contributed by atoms with Crippen LogP contribution in [0.1, 0.15) is 44.0 Å². The molecule has 1 aromatic rings. The summed E-state index contributed by atoms with van der Waals surface area (Å²) in [6, 6.07) is 4.49. The van der Waals surface area contributed by atoms with Crippen LogP contribution in [0.4, 0.5) is 5.69 Å². The summed E-state index contributed by atoms with van der Waals surface area (Å²) in [5.41, 5.74) is 0.150. The fourth-order valence-corrected chi connectivity index (χ4v) is 2.22. The molecule has 1 aromatic carbocycles. The zero-order valence-electron chi connectivity index (χ0n) is 13.5. The van der Waals surface area contributed by atoms with Crippen LogP contribution in [0.25, 0.3) is 0 Å². The summed E-state index contributed by atoms with van der Waals surface area (Å²) >= 11 is 0. The molecule has 22 heavy (non-hydrogen) atoms. The predicted molar refractivity (Wildman–Crippen MR) is 85.6 cm³/mol. The number of para-hydroxylation sites is 1. The van der Waals surface area contributed by atoms with Crippen molar-refractivity contribution in [2.75, 3.05) is 26.2 Å². The summed E-state index contributed by atoms with van der Waals surface area (Å²) in [5.74, 6) is -0.0258. The second-order valence-corrected chi connectivity index (χ2v) is 4.96. The molecule has 0 aliphatic rings. The molecule has 6 heteroatoms. The van der Waals surface area contributed by atoms with E-state index in [4.69, 9.17) is 4.74 Å². The number of carbonyl (C=O) groups is 1.